The smallest absolute Gasteiger partial charge is 0.167 e. The first-order valence-corrected chi connectivity index (χ1v) is 9.53. The number of nitrogens with one attached hydrogen (secondary N) is 2. The average Bonchev–Trinajstić information content (AvgIpc) is 3.26. The fourth-order valence-corrected chi connectivity index (χ4v) is 4.40. The first kappa shape index (κ1) is 16.3. The maximum atomic E-state index is 5.65. The Morgan fingerprint density at radius 2 is 1.68 bits per heavy atom. The van der Waals surface area contributed by atoms with Crippen molar-refractivity contribution in [2.75, 3.05) is 0 Å². The number of hydrogen-bond donors (Lipinski definition) is 2. The summed E-state index contributed by atoms with van der Waals surface area (Å²) in [7, 11) is 0. The fourth-order valence-electron chi connectivity index (χ4n) is 4.10. The van der Waals surface area contributed by atoms with Crippen LogP contribution >= 0.6 is 12.2 Å². The molecule has 0 unspecified atom stereocenters. The molecule has 3 heteroatoms. The van der Waals surface area contributed by atoms with Gasteiger partial charge in [-0.05, 0) is 54.4 Å². The van der Waals surface area contributed by atoms with Crippen molar-refractivity contribution < 1.29 is 0 Å². The number of thiocarbonyl (C=S) groups is 1. The number of fused-ring (bicyclic) bond motifs is 2. The molecule has 128 valence electrons. The monoisotopic (exact) mass is 348 g/mol. The summed E-state index contributed by atoms with van der Waals surface area (Å²) in [6, 6.07) is 21.8. The molecule has 1 saturated carbocycles. The van der Waals surface area contributed by atoms with E-state index < -0.39 is 0 Å². The lowest BCUT2D eigenvalue weighted by Crippen LogP contribution is -2.45. The van der Waals surface area contributed by atoms with Crippen LogP contribution in [0.3, 0.4) is 0 Å². The van der Waals surface area contributed by atoms with E-state index in [2.05, 4.69) is 83.4 Å². The van der Waals surface area contributed by atoms with E-state index in [0.717, 1.165) is 17.5 Å². The Morgan fingerprint density at radius 3 is 2.32 bits per heavy atom. The molecule has 2 aliphatic carbocycles. The van der Waals surface area contributed by atoms with Gasteiger partial charge in [0.15, 0.2) is 5.11 Å². The molecule has 2 aromatic carbocycles. The molecule has 0 radical (unpaired) electrons. The van der Waals surface area contributed by atoms with Crippen LogP contribution in [-0.4, -0.2) is 11.2 Å². The van der Waals surface area contributed by atoms with Gasteiger partial charge >= 0.3 is 0 Å². The van der Waals surface area contributed by atoms with Gasteiger partial charge in [0, 0.05) is 6.04 Å². The minimum absolute atomic E-state index is 0.178. The predicted octanol–water partition coefficient (Wildman–Crippen LogP) is 4.40. The summed E-state index contributed by atoms with van der Waals surface area (Å²) in [4.78, 5) is 0. The summed E-state index contributed by atoms with van der Waals surface area (Å²) in [5, 5.41) is 7.90. The SMILES string of the molecule is S=C(N[C@@H](Cc1ccccc1)c1ccccc1)N[C@H]1C[C@@H]2C=C[C@@H]1C2. The number of rotatable bonds is 5. The van der Waals surface area contributed by atoms with Crippen molar-refractivity contribution in [3.8, 4) is 0 Å². The van der Waals surface area contributed by atoms with Crippen LogP contribution in [0.2, 0.25) is 0 Å². The molecule has 0 heterocycles. The van der Waals surface area contributed by atoms with Gasteiger partial charge in [0.25, 0.3) is 0 Å². The Bertz CT molecular complexity index is 741. The van der Waals surface area contributed by atoms with Crippen LogP contribution in [0.5, 0.6) is 0 Å². The Balaban J connectivity index is 1.44. The largest absolute Gasteiger partial charge is 0.359 e. The van der Waals surface area contributed by atoms with Gasteiger partial charge in [-0.3, -0.25) is 0 Å². The summed E-state index contributed by atoms with van der Waals surface area (Å²) in [5.41, 5.74) is 2.58. The van der Waals surface area contributed by atoms with Crippen molar-refractivity contribution in [2.45, 2.75) is 31.3 Å². The summed E-state index contributed by atoms with van der Waals surface area (Å²) < 4.78 is 0. The first-order valence-electron chi connectivity index (χ1n) is 9.12. The van der Waals surface area contributed by atoms with Crippen molar-refractivity contribution in [3.05, 3.63) is 83.9 Å². The van der Waals surface area contributed by atoms with E-state index in [9.17, 15) is 0 Å². The van der Waals surface area contributed by atoms with Crippen molar-refractivity contribution in [1.29, 1.82) is 0 Å². The molecule has 0 spiro atoms. The molecule has 1 fully saturated rings. The predicted molar refractivity (Wildman–Crippen MR) is 107 cm³/mol. The van der Waals surface area contributed by atoms with Crippen molar-refractivity contribution in [1.82, 2.24) is 10.6 Å². The van der Waals surface area contributed by atoms with Crippen LogP contribution in [0.4, 0.5) is 0 Å². The maximum absolute atomic E-state index is 5.65. The Labute approximate surface area is 155 Å². The van der Waals surface area contributed by atoms with Crippen LogP contribution in [0, 0.1) is 11.8 Å². The molecule has 25 heavy (non-hydrogen) atoms. The van der Waals surface area contributed by atoms with Gasteiger partial charge < -0.3 is 10.6 Å². The molecule has 4 atom stereocenters. The van der Waals surface area contributed by atoms with E-state index in [1.807, 2.05) is 0 Å². The van der Waals surface area contributed by atoms with Crippen molar-refractivity contribution in [3.63, 3.8) is 0 Å². The minimum Gasteiger partial charge on any atom is -0.359 e. The van der Waals surface area contributed by atoms with Gasteiger partial charge in [-0.25, -0.2) is 0 Å². The summed E-state index contributed by atoms with van der Waals surface area (Å²) in [6.07, 6.45) is 8.13. The highest BCUT2D eigenvalue weighted by molar-refractivity contribution is 7.80. The van der Waals surface area contributed by atoms with Gasteiger partial charge in [0.2, 0.25) is 0 Å². The first-order chi connectivity index (χ1) is 12.3. The lowest BCUT2D eigenvalue weighted by atomic mass is 9.99. The Kier molecular flexibility index (Phi) is 4.84. The van der Waals surface area contributed by atoms with Crippen LogP contribution in [-0.2, 0) is 6.42 Å². The zero-order valence-electron chi connectivity index (χ0n) is 14.3. The van der Waals surface area contributed by atoms with E-state index >= 15 is 0 Å². The van der Waals surface area contributed by atoms with E-state index in [1.54, 1.807) is 0 Å². The minimum atomic E-state index is 0.178. The number of benzene rings is 2. The molecule has 0 aliphatic heterocycles. The molecule has 2 bridgehead atoms. The highest BCUT2D eigenvalue weighted by Gasteiger charge is 2.36. The zero-order valence-corrected chi connectivity index (χ0v) is 15.1. The highest BCUT2D eigenvalue weighted by atomic mass is 32.1. The third-order valence-electron chi connectivity index (χ3n) is 5.39. The topological polar surface area (TPSA) is 24.1 Å². The van der Waals surface area contributed by atoms with Gasteiger partial charge in [-0.1, -0.05) is 72.8 Å². The Hall–Kier alpha value is -2.13. The third kappa shape index (κ3) is 3.93. The molecule has 2 N–H and O–H groups in total. The molecular formula is C22H24N2S. The normalized spacial score (nSPS) is 24.9. The number of hydrogen-bond acceptors (Lipinski definition) is 1. The second-order valence-electron chi connectivity index (χ2n) is 7.16. The second kappa shape index (κ2) is 7.40. The molecule has 2 aliphatic rings. The standard InChI is InChI=1S/C22H24N2S/c25-22(24-21-15-17-11-12-19(21)13-17)23-20(18-9-5-2-6-10-18)14-16-7-3-1-4-8-16/h1-12,17,19-21H,13-15H2,(H2,23,24,25)/t17-,19-,20+,21+/m1/s1. The summed E-state index contributed by atoms with van der Waals surface area (Å²) in [6.45, 7) is 0. The van der Waals surface area contributed by atoms with Gasteiger partial charge in [-0.2, -0.15) is 0 Å². The molecular weight excluding hydrogens is 324 g/mol. The van der Waals surface area contributed by atoms with Crippen LogP contribution in [0.15, 0.2) is 72.8 Å². The van der Waals surface area contributed by atoms with E-state index in [0.29, 0.717) is 12.0 Å². The van der Waals surface area contributed by atoms with Crippen LogP contribution in [0.1, 0.15) is 30.0 Å². The zero-order chi connectivity index (χ0) is 17.1. The maximum Gasteiger partial charge on any atom is 0.167 e. The van der Waals surface area contributed by atoms with Crippen LogP contribution in [0.25, 0.3) is 0 Å². The highest BCUT2D eigenvalue weighted by Crippen LogP contribution is 2.38. The Morgan fingerprint density at radius 1 is 0.960 bits per heavy atom. The van der Waals surface area contributed by atoms with E-state index in [1.165, 1.54) is 24.0 Å². The molecule has 2 aromatic rings. The lowest BCUT2D eigenvalue weighted by Gasteiger charge is -2.26. The molecule has 0 amide bonds. The quantitative estimate of drug-likeness (QED) is 0.619. The van der Waals surface area contributed by atoms with E-state index in [-0.39, 0.29) is 6.04 Å². The van der Waals surface area contributed by atoms with Gasteiger partial charge in [0.05, 0.1) is 6.04 Å². The van der Waals surface area contributed by atoms with Crippen LogP contribution < -0.4 is 10.6 Å². The summed E-state index contributed by atoms with van der Waals surface area (Å²) >= 11 is 5.65. The second-order valence-corrected chi connectivity index (χ2v) is 7.57. The third-order valence-corrected chi connectivity index (χ3v) is 5.62. The molecule has 0 saturated heterocycles. The lowest BCUT2D eigenvalue weighted by molar-refractivity contribution is 0.511. The van der Waals surface area contributed by atoms with Crippen molar-refractivity contribution in [2.24, 2.45) is 11.8 Å². The molecule has 2 nitrogen and oxygen atoms in total. The molecule has 0 aromatic heterocycles. The number of allylic oxidation sites excluding steroid dienone is 1. The average molecular weight is 349 g/mol. The van der Waals surface area contributed by atoms with Gasteiger partial charge in [0.1, 0.15) is 0 Å². The molecule has 4 rings (SSSR count). The van der Waals surface area contributed by atoms with Gasteiger partial charge in [-0.15, -0.1) is 0 Å². The summed E-state index contributed by atoms with van der Waals surface area (Å²) in [5.74, 6) is 1.40. The fraction of sp³-hybridized carbons (Fsp3) is 0.318. The van der Waals surface area contributed by atoms with E-state index in [4.69, 9.17) is 12.2 Å². The van der Waals surface area contributed by atoms with Crippen molar-refractivity contribution >= 4 is 17.3 Å².